The minimum absolute atomic E-state index is 0.246. The first kappa shape index (κ1) is 10.1. The molecule has 1 aromatic carbocycles. The lowest BCUT2D eigenvalue weighted by atomic mass is 10.2. The van der Waals surface area contributed by atoms with E-state index in [2.05, 4.69) is 41.8 Å². The van der Waals surface area contributed by atoms with Gasteiger partial charge in [0, 0.05) is 37.5 Å². The predicted molar refractivity (Wildman–Crippen MR) is 60.6 cm³/mol. The molecule has 2 heteroatoms. The van der Waals surface area contributed by atoms with Crippen LogP contribution in [0.25, 0.3) is 10.9 Å². The standard InChI is InChI=1S/C13H16NO/c1-11-7-8-12-5-2-3-6-13(12)14(11)9-4-10-15/h2-3,5-8,15H,4,9-10H2,1H3/q+1. The summed E-state index contributed by atoms with van der Waals surface area (Å²) >= 11 is 0. The summed E-state index contributed by atoms with van der Waals surface area (Å²) < 4.78 is 2.26. The van der Waals surface area contributed by atoms with Gasteiger partial charge in [0.15, 0.2) is 12.2 Å². The topological polar surface area (TPSA) is 24.1 Å². The Labute approximate surface area is 89.8 Å². The number of aromatic nitrogens is 1. The van der Waals surface area contributed by atoms with Crippen LogP contribution in [0.15, 0.2) is 36.4 Å². The number of benzene rings is 1. The van der Waals surface area contributed by atoms with Crippen LogP contribution in [0, 0.1) is 6.92 Å². The molecule has 0 saturated carbocycles. The fourth-order valence-corrected chi connectivity index (χ4v) is 1.89. The van der Waals surface area contributed by atoms with Gasteiger partial charge in [0.1, 0.15) is 0 Å². The van der Waals surface area contributed by atoms with Gasteiger partial charge < -0.3 is 5.11 Å². The smallest absolute Gasteiger partial charge is 0.212 e. The molecule has 0 aliphatic carbocycles. The van der Waals surface area contributed by atoms with Crippen LogP contribution in [0.3, 0.4) is 0 Å². The van der Waals surface area contributed by atoms with Crippen LogP contribution in [0.2, 0.25) is 0 Å². The van der Waals surface area contributed by atoms with E-state index in [1.54, 1.807) is 0 Å². The molecule has 1 N–H and O–H groups in total. The average Bonchev–Trinajstić information content (AvgIpc) is 2.28. The minimum atomic E-state index is 0.246. The van der Waals surface area contributed by atoms with Crippen LogP contribution < -0.4 is 4.57 Å². The van der Waals surface area contributed by atoms with E-state index < -0.39 is 0 Å². The lowest BCUT2D eigenvalue weighted by Crippen LogP contribution is -2.38. The van der Waals surface area contributed by atoms with E-state index in [9.17, 15) is 0 Å². The molecule has 0 spiro atoms. The maximum atomic E-state index is 8.88. The van der Waals surface area contributed by atoms with Crippen molar-refractivity contribution < 1.29 is 9.67 Å². The first-order valence-corrected chi connectivity index (χ1v) is 5.32. The van der Waals surface area contributed by atoms with Crippen molar-refractivity contribution in [3.05, 3.63) is 42.1 Å². The van der Waals surface area contributed by atoms with E-state index >= 15 is 0 Å². The largest absolute Gasteiger partial charge is 0.396 e. The number of rotatable bonds is 3. The number of para-hydroxylation sites is 1. The van der Waals surface area contributed by atoms with Crippen molar-refractivity contribution >= 4 is 10.9 Å². The Hall–Kier alpha value is -1.41. The van der Waals surface area contributed by atoms with Gasteiger partial charge in [-0.25, -0.2) is 0 Å². The quantitative estimate of drug-likeness (QED) is 0.754. The molecule has 0 fully saturated rings. The molecular formula is C13H16NO+. The number of aliphatic hydroxyl groups is 1. The van der Waals surface area contributed by atoms with Crippen molar-refractivity contribution in [2.45, 2.75) is 19.9 Å². The maximum Gasteiger partial charge on any atom is 0.212 e. The van der Waals surface area contributed by atoms with Crippen molar-refractivity contribution in [2.24, 2.45) is 0 Å². The Bertz CT molecular complexity index is 465. The van der Waals surface area contributed by atoms with Crippen LogP contribution in [0.1, 0.15) is 12.1 Å². The summed E-state index contributed by atoms with van der Waals surface area (Å²) in [4.78, 5) is 0. The summed E-state index contributed by atoms with van der Waals surface area (Å²) in [5.41, 5.74) is 2.48. The van der Waals surface area contributed by atoms with Gasteiger partial charge in [-0.15, -0.1) is 0 Å². The summed E-state index contributed by atoms with van der Waals surface area (Å²) in [7, 11) is 0. The first-order chi connectivity index (χ1) is 7.33. The Balaban J connectivity index is 2.53. The van der Waals surface area contributed by atoms with Crippen LogP contribution in [-0.2, 0) is 6.54 Å². The van der Waals surface area contributed by atoms with E-state index in [-0.39, 0.29) is 6.61 Å². The average molecular weight is 202 g/mol. The molecule has 0 amide bonds. The zero-order chi connectivity index (χ0) is 10.7. The zero-order valence-corrected chi connectivity index (χ0v) is 8.98. The van der Waals surface area contributed by atoms with Gasteiger partial charge in [-0.05, 0) is 12.1 Å². The second kappa shape index (κ2) is 4.41. The van der Waals surface area contributed by atoms with Gasteiger partial charge in [0.05, 0.1) is 0 Å². The third kappa shape index (κ3) is 2.00. The number of aryl methyl sites for hydroxylation is 2. The Morgan fingerprint density at radius 1 is 1.13 bits per heavy atom. The highest BCUT2D eigenvalue weighted by Gasteiger charge is 2.10. The molecule has 15 heavy (non-hydrogen) atoms. The maximum absolute atomic E-state index is 8.88. The molecule has 0 atom stereocenters. The van der Waals surface area contributed by atoms with Crippen molar-refractivity contribution in [3.8, 4) is 0 Å². The molecule has 0 aliphatic rings. The van der Waals surface area contributed by atoms with Gasteiger partial charge >= 0.3 is 0 Å². The highest BCUT2D eigenvalue weighted by atomic mass is 16.3. The molecule has 0 bridgehead atoms. The molecule has 2 nitrogen and oxygen atoms in total. The second-order valence-electron chi connectivity index (χ2n) is 3.76. The molecule has 2 aromatic rings. The molecule has 0 radical (unpaired) electrons. The molecule has 78 valence electrons. The van der Waals surface area contributed by atoms with Gasteiger partial charge in [-0.3, -0.25) is 0 Å². The Morgan fingerprint density at radius 3 is 2.73 bits per heavy atom. The van der Waals surface area contributed by atoms with E-state index in [0.29, 0.717) is 0 Å². The number of aliphatic hydroxyl groups excluding tert-OH is 1. The van der Waals surface area contributed by atoms with Gasteiger partial charge in [-0.1, -0.05) is 12.1 Å². The predicted octanol–water partition coefficient (Wildman–Crippen LogP) is 1.82. The monoisotopic (exact) mass is 202 g/mol. The van der Waals surface area contributed by atoms with Crippen LogP contribution >= 0.6 is 0 Å². The fraction of sp³-hybridized carbons (Fsp3) is 0.308. The minimum Gasteiger partial charge on any atom is -0.396 e. The lowest BCUT2D eigenvalue weighted by molar-refractivity contribution is -0.678. The number of pyridine rings is 1. The fourth-order valence-electron chi connectivity index (χ4n) is 1.89. The summed E-state index contributed by atoms with van der Waals surface area (Å²) in [5, 5.41) is 10.1. The van der Waals surface area contributed by atoms with Crippen molar-refractivity contribution in [2.75, 3.05) is 6.61 Å². The third-order valence-electron chi connectivity index (χ3n) is 2.70. The first-order valence-electron chi connectivity index (χ1n) is 5.32. The highest BCUT2D eigenvalue weighted by molar-refractivity contribution is 5.75. The van der Waals surface area contributed by atoms with Crippen molar-refractivity contribution in [1.82, 2.24) is 0 Å². The number of fused-ring (bicyclic) bond motifs is 1. The summed E-state index contributed by atoms with van der Waals surface area (Å²) in [6, 6.07) is 12.6. The Kier molecular flexibility index (Phi) is 2.97. The number of nitrogens with zero attached hydrogens (tertiary/aromatic N) is 1. The lowest BCUT2D eigenvalue weighted by Gasteiger charge is -2.03. The normalized spacial score (nSPS) is 10.8. The number of hydrogen-bond donors (Lipinski definition) is 1. The van der Waals surface area contributed by atoms with Crippen molar-refractivity contribution in [3.63, 3.8) is 0 Å². The van der Waals surface area contributed by atoms with E-state index in [0.717, 1.165) is 13.0 Å². The summed E-state index contributed by atoms with van der Waals surface area (Å²) in [5.74, 6) is 0. The van der Waals surface area contributed by atoms with Gasteiger partial charge in [0.2, 0.25) is 5.52 Å². The molecular weight excluding hydrogens is 186 g/mol. The van der Waals surface area contributed by atoms with E-state index in [1.807, 2.05) is 6.07 Å². The molecule has 0 unspecified atom stereocenters. The molecule has 1 heterocycles. The Morgan fingerprint density at radius 2 is 1.93 bits per heavy atom. The zero-order valence-electron chi connectivity index (χ0n) is 8.98. The summed E-state index contributed by atoms with van der Waals surface area (Å²) in [6.07, 6.45) is 0.805. The van der Waals surface area contributed by atoms with Crippen molar-refractivity contribution in [1.29, 1.82) is 0 Å². The molecule has 1 aromatic heterocycles. The van der Waals surface area contributed by atoms with E-state index in [1.165, 1.54) is 16.6 Å². The molecule has 0 aliphatic heterocycles. The highest BCUT2D eigenvalue weighted by Crippen LogP contribution is 2.10. The number of hydrogen-bond acceptors (Lipinski definition) is 1. The van der Waals surface area contributed by atoms with Crippen LogP contribution in [0.4, 0.5) is 0 Å². The van der Waals surface area contributed by atoms with Crippen LogP contribution in [0.5, 0.6) is 0 Å². The van der Waals surface area contributed by atoms with Gasteiger partial charge in [-0.2, -0.15) is 4.57 Å². The molecule has 2 rings (SSSR count). The second-order valence-corrected chi connectivity index (χ2v) is 3.76. The summed E-state index contributed by atoms with van der Waals surface area (Å²) in [6.45, 7) is 3.23. The van der Waals surface area contributed by atoms with Gasteiger partial charge in [0.25, 0.3) is 0 Å². The van der Waals surface area contributed by atoms with Crippen LogP contribution in [-0.4, -0.2) is 11.7 Å². The third-order valence-corrected chi connectivity index (χ3v) is 2.70. The van der Waals surface area contributed by atoms with E-state index in [4.69, 9.17) is 5.11 Å². The molecule has 0 saturated heterocycles. The SMILES string of the molecule is Cc1ccc2ccccc2[n+]1CCCO.